The van der Waals surface area contributed by atoms with Gasteiger partial charge in [-0.25, -0.2) is 25.3 Å². The molecule has 3 aromatic carbocycles. The van der Waals surface area contributed by atoms with E-state index in [2.05, 4.69) is 0 Å². The van der Waals surface area contributed by atoms with Crippen molar-refractivity contribution in [1.82, 2.24) is 0 Å². The fourth-order valence-corrected chi connectivity index (χ4v) is 6.54. The molecule has 0 unspecified atom stereocenters. The second-order valence-electron chi connectivity index (χ2n) is 7.79. The van der Waals surface area contributed by atoms with Crippen LogP contribution in [0.25, 0.3) is 0 Å². The van der Waals surface area contributed by atoms with Crippen LogP contribution in [-0.4, -0.2) is 38.9 Å². The summed E-state index contributed by atoms with van der Waals surface area (Å²) in [6.45, 7) is 4.40. The summed E-state index contributed by atoms with van der Waals surface area (Å²) >= 11 is 16.8. The SMILES string of the molecule is Cc1cc(Cl)cc(N)c1S(=O)(=O)[O-].Cc1cc(Cl)cc(N)c1S(=O)(=O)[O-].Cc1cc(Cl)cc(N)c1S(=O)(=O)[O-].[Ni+3]. The summed E-state index contributed by atoms with van der Waals surface area (Å²) in [4.78, 5) is -1.18. The van der Waals surface area contributed by atoms with Gasteiger partial charge in [0.2, 0.25) is 0 Å². The van der Waals surface area contributed by atoms with Crippen LogP contribution in [0.15, 0.2) is 51.1 Å². The number of hydrogen-bond acceptors (Lipinski definition) is 12. The van der Waals surface area contributed by atoms with Gasteiger partial charge in [-0.1, -0.05) is 34.8 Å². The maximum atomic E-state index is 10.7. The Morgan fingerprint density at radius 1 is 0.500 bits per heavy atom. The van der Waals surface area contributed by atoms with E-state index in [1.54, 1.807) is 0 Å². The van der Waals surface area contributed by atoms with Crippen LogP contribution in [0.5, 0.6) is 0 Å². The first-order valence-corrected chi connectivity index (χ1v) is 15.4. The van der Waals surface area contributed by atoms with Crippen LogP contribution in [0.4, 0.5) is 17.1 Å². The third-order valence-corrected chi connectivity index (χ3v) is 8.38. The smallest absolute Gasteiger partial charge is 0.744 e. The molecule has 6 N–H and O–H groups in total. The molecule has 0 aliphatic carbocycles. The molecule has 0 aliphatic rings. The molecule has 223 valence electrons. The summed E-state index contributed by atoms with van der Waals surface area (Å²) < 4.78 is 96.4. The summed E-state index contributed by atoms with van der Waals surface area (Å²) in [6, 6.07) is 7.84. The number of benzene rings is 3. The van der Waals surface area contributed by atoms with Crippen LogP contribution in [0.3, 0.4) is 0 Å². The van der Waals surface area contributed by atoms with Gasteiger partial charge in [0.05, 0.1) is 31.7 Å². The largest absolute Gasteiger partial charge is 3.00 e. The molecule has 0 spiro atoms. The Hall–Kier alpha value is -1.85. The van der Waals surface area contributed by atoms with Crippen LogP contribution in [0, 0.1) is 20.8 Å². The van der Waals surface area contributed by atoms with Gasteiger partial charge in [0.15, 0.2) is 0 Å². The zero-order valence-electron chi connectivity index (χ0n) is 20.5. The van der Waals surface area contributed by atoms with Gasteiger partial charge in [0.25, 0.3) is 0 Å². The maximum absolute atomic E-state index is 10.7. The maximum Gasteiger partial charge on any atom is 3.00 e. The predicted molar refractivity (Wildman–Crippen MR) is 146 cm³/mol. The molecule has 19 heteroatoms. The van der Waals surface area contributed by atoms with Gasteiger partial charge in [-0.3, -0.25) is 0 Å². The number of hydrogen-bond donors (Lipinski definition) is 3. The molecule has 0 atom stereocenters. The second-order valence-corrected chi connectivity index (χ2v) is 13.0. The molecule has 0 bridgehead atoms. The fraction of sp³-hybridized carbons (Fsp3) is 0.143. The van der Waals surface area contributed by atoms with Gasteiger partial charge in [-0.15, -0.1) is 0 Å². The van der Waals surface area contributed by atoms with E-state index in [0.29, 0.717) is 15.1 Å². The van der Waals surface area contributed by atoms with Crippen molar-refractivity contribution in [3.63, 3.8) is 0 Å². The summed E-state index contributed by atoms with van der Waals surface area (Å²) in [6.07, 6.45) is 0. The van der Waals surface area contributed by atoms with Crippen LogP contribution >= 0.6 is 34.8 Å². The average Bonchev–Trinajstić information content (AvgIpc) is 2.62. The summed E-state index contributed by atoms with van der Waals surface area (Å²) in [5.74, 6) is 0. The van der Waals surface area contributed by atoms with Crippen molar-refractivity contribution in [3.05, 3.63) is 68.2 Å². The molecule has 3 rings (SSSR count). The number of nitrogens with two attached hydrogens (primary N) is 3. The van der Waals surface area contributed by atoms with Crippen LogP contribution in [-0.2, 0) is 46.8 Å². The van der Waals surface area contributed by atoms with Crippen LogP contribution in [0.2, 0.25) is 15.1 Å². The van der Waals surface area contributed by atoms with Gasteiger partial charge in [0, 0.05) is 15.1 Å². The molecule has 12 nitrogen and oxygen atoms in total. The molecule has 0 saturated carbocycles. The molecule has 0 fully saturated rings. The number of aryl methyl sites for hydroxylation is 3. The molecule has 0 aliphatic heterocycles. The van der Waals surface area contributed by atoms with Crippen molar-refractivity contribution in [2.45, 2.75) is 35.5 Å². The Kier molecular flexibility index (Phi) is 13.7. The topological polar surface area (TPSA) is 250 Å². The summed E-state index contributed by atoms with van der Waals surface area (Å²) in [5, 5.41) is 0.923. The van der Waals surface area contributed by atoms with Crippen molar-refractivity contribution in [1.29, 1.82) is 0 Å². The zero-order chi connectivity index (χ0) is 30.7. The number of halogens is 3. The third kappa shape index (κ3) is 10.9. The molecule has 3 aromatic rings. The molecule has 0 heterocycles. The fourth-order valence-electron chi connectivity index (χ4n) is 3.29. The van der Waals surface area contributed by atoms with E-state index in [1.165, 1.54) is 57.2 Å². The summed E-state index contributed by atoms with van der Waals surface area (Å²) in [5.41, 5.74) is 16.5. The third-order valence-electron chi connectivity index (χ3n) is 4.55. The van der Waals surface area contributed by atoms with Gasteiger partial charge in [-0.2, -0.15) is 0 Å². The van der Waals surface area contributed by atoms with E-state index in [9.17, 15) is 38.9 Å². The average molecular weight is 721 g/mol. The minimum absolute atomic E-state index is 0. The van der Waals surface area contributed by atoms with Crippen LogP contribution < -0.4 is 17.2 Å². The second kappa shape index (κ2) is 14.4. The van der Waals surface area contributed by atoms with E-state index in [0.717, 1.165) is 0 Å². The number of anilines is 3. The normalized spacial score (nSPS) is 11.3. The zero-order valence-corrected chi connectivity index (χ0v) is 26.3. The van der Waals surface area contributed by atoms with Gasteiger partial charge >= 0.3 is 16.5 Å². The molecule has 40 heavy (non-hydrogen) atoms. The minimum Gasteiger partial charge on any atom is -0.744 e. The standard InChI is InChI=1S/3C7H8ClNO3S.Ni/c3*1-4-2-5(8)3-6(9)7(4)13(10,11)12;/h3*2-3H,9H2,1H3,(H,10,11,12);/q;;;+3/p-3. The van der Waals surface area contributed by atoms with Gasteiger partial charge < -0.3 is 30.9 Å². The number of rotatable bonds is 3. The van der Waals surface area contributed by atoms with Crippen molar-refractivity contribution in [2.75, 3.05) is 17.2 Å². The Labute approximate surface area is 257 Å². The Balaban J connectivity index is 0.000000563. The molecule has 0 amide bonds. The van der Waals surface area contributed by atoms with E-state index in [-0.39, 0.29) is 50.2 Å². The first-order valence-electron chi connectivity index (χ1n) is 10.0. The quantitative estimate of drug-likeness (QED) is 0.200. The molecule has 0 saturated heterocycles. The first kappa shape index (κ1) is 38.2. The molecular formula is C21H21Cl3N3NiO9S3. The first-order chi connectivity index (χ1) is 17.5. The Morgan fingerprint density at radius 3 is 0.800 bits per heavy atom. The minimum atomic E-state index is -4.51. The Bertz CT molecular complexity index is 1460. The predicted octanol–water partition coefficient (Wildman–Crippen LogP) is 3.40. The van der Waals surface area contributed by atoms with Gasteiger partial charge in [0.1, 0.15) is 30.4 Å². The summed E-state index contributed by atoms with van der Waals surface area (Å²) in [7, 11) is -13.5. The van der Waals surface area contributed by atoms with Crippen molar-refractivity contribution < 1.29 is 55.4 Å². The van der Waals surface area contributed by atoms with Crippen molar-refractivity contribution in [2.24, 2.45) is 0 Å². The van der Waals surface area contributed by atoms with Gasteiger partial charge in [-0.05, 0) is 73.9 Å². The Morgan fingerprint density at radius 2 is 0.675 bits per heavy atom. The molecule has 1 radical (unpaired) electrons. The number of nitrogen functional groups attached to an aromatic ring is 3. The van der Waals surface area contributed by atoms with E-state index in [4.69, 9.17) is 52.0 Å². The van der Waals surface area contributed by atoms with Crippen molar-refractivity contribution >= 4 is 82.2 Å². The molecular weight excluding hydrogens is 699 g/mol. The monoisotopic (exact) mass is 718 g/mol. The van der Waals surface area contributed by atoms with Crippen LogP contribution in [0.1, 0.15) is 16.7 Å². The van der Waals surface area contributed by atoms with E-state index >= 15 is 0 Å². The molecule has 0 aromatic heterocycles. The van der Waals surface area contributed by atoms with Crippen molar-refractivity contribution in [3.8, 4) is 0 Å². The van der Waals surface area contributed by atoms with E-state index in [1.807, 2.05) is 0 Å². The van der Waals surface area contributed by atoms with E-state index < -0.39 is 45.0 Å².